The Kier molecular flexibility index (Phi) is 6.61. The first-order valence-electron chi connectivity index (χ1n) is 3.99. The number of hydrogen-bond acceptors (Lipinski definition) is 5. The molecule has 0 unspecified atom stereocenters. The Balaban J connectivity index is 0.00000256. The predicted octanol–water partition coefficient (Wildman–Crippen LogP) is -2.34. The van der Waals surface area contributed by atoms with Crippen LogP contribution in [0.2, 0.25) is 0 Å². The molecule has 1 aromatic carbocycles. The molecule has 17 heavy (non-hydrogen) atoms. The fraction of sp³-hybridized carbons (Fsp3) is 0.125. The fourth-order valence-corrected chi connectivity index (χ4v) is 1.34. The number of nitro groups is 1. The van der Waals surface area contributed by atoms with Gasteiger partial charge in [0.05, 0.1) is 28.0 Å². The van der Waals surface area contributed by atoms with Gasteiger partial charge in [-0.2, -0.15) is 0 Å². The van der Waals surface area contributed by atoms with Gasteiger partial charge in [-0.3, -0.25) is 10.1 Å². The van der Waals surface area contributed by atoms with Crippen LogP contribution in [-0.4, -0.2) is 17.4 Å². The fourth-order valence-electron chi connectivity index (χ4n) is 0.996. The van der Waals surface area contributed by atoms with Gasteiger partial charge in [0.15, 0.2) is 0 Å². The standard InChI is InChI=1S/C8H6BrFN2O4.Na/c9-4-1-6(11-3-8(13)14)7(12(15)16)2-5(4)10;/h1-2,11H,3H2,(H,13,14);/q;+1/p-1. The maximum absolute atomic E-state index is 13.0. The van der Waals surface area contributed by atoms with Gasteiger partial charge < -0.3 is 15.2 Å². The minimum Gasteiger partial charge on any atom is -0.548 e. The van der Waals surface area contributed by atoms with Crippen LogP contribution in [0, 0.1) is 15.9 Å². The number of anilines is 1. The summed E-state index contributed by atoms with van der Waals surface area (Å²) in [6.45, 7) is -0.598. The smallest absolute Gasteiger partial charge is 0.548 e. The van der Waals surface area contributed by atoms with Crippen molar-refractivity contribution < 1.29 is 48.8 Å². The summed E-state index contributed by atoms with van der Waals surface area (Å²) in [6, 6.07) is 1.79. The number of rotatable bonds is 4. The van der Waals surface area contributed by atoms with Crippen molar-refractivity contribution in [3.8, 4) is 0 Å². The Hall–Kier alpha value is -0.700. The van der Waals surface area contributed by atoms with E-state index in [0.29, 0.717) is 6.07 Å². The number of benzene rings is 1. The summed E-state index contributed by atoms with van der Waals surface area (Å²) in [5.41, 5.74) is -0.635. The van der Waals surface area contributed by atoms with E-state index < -0.39 is 28.9 Å². The second-order valence-corrected chi connectivity index (χ2v) is 3.62. The van der Waals surface area contributed by atoms with Gasteiger partial charge in [-0.05, 0) is 22.0 Å². The maximum atomic E-state index is 13.0. The van der Waals surface area contributed by atoms with Crippen LogP contribution in [-0.2, 0) is 4.79 Å². The van der Waals surface area contributed by atoms with Gasteiger partial charge >= 0.3 is 29.6 Å². The summed E-state index contributed by atoms with van der Waals surface area (Å²) in [4.78, 5) is 19.9. The molecular weight excluding hydrogens is 310 g/mol. The topological polar surface area (TPSA) is 95.3 Å². The zero-order valence-electron chi connectivity index (χ0n) is 8.70. The molecular formula is C8H5BrFN2NaO4. The first-order valence-corrected chi connectivity index (χ1v) is 4.78. The van der Waals surface area contributed by atoms with Crippen molar-refractivity contribution in [3.63, 3.8) is 0 Å². The van der Waals surface area contributed by atoms with E-state index in [9.17, 15) is 24.4 Å². The van der Waals surface area contributed by atoms with Crippen LogP contribution in [0.15, 0.2) is 16.6 Å². The molecule has 0 spiro atoms. The first-order chi connectivity index (χ1) is 7.41. The summed E-state index contributed by atoms with van der Waals surface area (Å²) in [6.07, 6.45) is 0. The van der Waals surface area contributed by atoms with Crippen molar-refractivity contribution in [1.29, 1.82) is 0 Å². The van der Waals surface area contributed by atoms with Gasteiger partial charge in [0.1, 0.15) is 11.5 Å². The van der Waals surface area contributed by atoms with E-state index in [4.69, 9.17) is 0 Å². The number of nitro benzene ring substituents is 1. The SMILES string of the molecule is O=C([O-])CNc1cc(Br)c(F)cc1[N+](=O)[O-].[Na+]. The minimum absolute atomic E-state index is 0. The summed E-state index contributed by atoms with van der Waals surface area (Å²) in [7, 11) is 0. The largest absolute Gasteiger partial charge is 1.00 e. The third-order valence-electron chi connectivity index (χ3n) is 1.66. The summed E-state index contributed by atoms with van der Waals surface area (Å²) < 4.78 is 13.0. The zero-order valence-corrected chi connectivity index (χ0v) is 12.3. The molecule has 0 bridgehead atoms. The molecule has 1 N–H and O–H groups in total. The van der Waals surface area contributed by atoms with Crippen molar-refractivity contribution >= 4 is 33.3 Å². The first kappa shape index (κ1) is 16.3. The van der Waals surface area contributed by atoms with Crippen molar-refractivity contribution in [2.45, 2.75) is 0 Å². The van der Waals surface area contributed by atoms with E-state index in [2.05, 4.69) is 21.2 Å². The Morgan fingerprint density at radius 3 is 2.59 bits per heavy atom. The average Bonchev–Trinajstić information content (AvgIpc) is 2.18. The Labute approximate surface area is 126 Å². The number of carbonyl (C=O) groups excluding carboxylic acids is 1. The van der Waals surface area contributed by atoms with Gasteiger partial charge in [0, 0.05) is 0 Å². The number of aliphatic carboxylic acids is 1. The molecule has 0 aromatic heterocycles. The van der Waals surface area contributed by atoms with E-state index in [1.165, 1.54) is 0 Å². The van der Waals surface area contributed by atoms with Crippen molar-refractivity contribution in [1.82, 2.24) is 0 Å². The van der Waals surface area contributed by atoms with Gasteiger partial charge in [0.2, 0.25) is 0 Å². The van der Waals surface area contributed by atoms with E-state index in [0.717, 1.165) is 6.07 Å². The number of carboxylic acids is 1. The van der Waals surface area contributed by atoms with Crippen LogP contribution < -0.4 is 40.0 Å². The maximum Gasteiger partial charge on any atom is 1.00 e. The van der Waals surface area contributed by atoms with Gasteiger partial charge in [-0.15, -0.1) is 0 Å². The van der Waals surface area contributed by atoms with Crippen molar-refractivity contribution in [2.75, 3.05) is 11.9 Å². The molecule has 0 aliphatic heterocycles. The molecule has 0 fully saturated rings. The molecule has 9 heteroatoms. The van der Waals surface area contributed by atoms with Crippen LogP contribution in [0.25, 0.3) is 0 Å². The average molecular weight is 315 g/mol. The monoisotopic (exact) mass is 314 g/mol. The molecule has 0 heterocycles. The third kappa shape index (κ3) is 4.58. The minimum atomic E-state index is -1.42. The van der Waals surface area contributed by atoms with Crippen molar-refractivity contribution in [2.24, 2.45) is 0 Å². The zero-order chi connectivity index (χ0) is 12.3. The molecule has 1 aromatic rings. The van der Waals surface area contributed by atoms with E-state index in [1.807, 2.05) is 0 Å². The quantitative estimate of drug-likeness (QED) is 0.382. The van der Waals surface area contributed by atoms with Crippen LogP contribution in [0.1, 0.15) is 0 Å². The van der Waals surface area contributed by atoms with E-state index >= 15 is 0 Å². The Morgan fingerprint density at radius 2 is 2.12 bits per heavy atom. The number of nitrogens with one attached hydrogen (secondary N) is 1. The molecule has 0 amide bonds. The van der Waals surface area contributed by atoms with Gasteiger partial charge in [-0.25, -0.2) is 4.39 Å². The Bertz CT molecular complexity index is 457. The molecule has 86 valence electrons. The molecule has 0 aliphatic carbocycles. The summed E-state index contributed by atoms with van der Waals surface area (Å²) in [5.74, 6) is -2.22. The molecule has 0 aliphatic rings. The molecule has 0 atom stereocenters. The van der Waals surface area contributed by atoms with Crippen LogP contribution >= 0.6 is 15.9 Å². The molecule has 0 saturated carbocycles. The summed E-state index contributed by atoms with van der Waals surface area (Å²) in [5, 5.41) is 23.0. The molecule has 6 nitrogen and oxygen atoms in total. The second-order valence-electron chi connectivity index (χ2n) is 2.77. The van der Waals surface area contributed by atoms with Crippen LogP contribution in [0.5, 0.6) is 0 Å². The number of nitrogens with zero attached hydrogens (tertiary/aromatic N) is 1. The Morgan fingerprint density at radius 1 is 1.53 bits per heavy atom. The second kappa shape index (κ2) is 6.90. The van der Waals surface area contributed by atoms with Crippen molar-refractivity contribution in [3.05, 3.63) is 32.5 Å². The molecule has 0 saturated heterocycles. The van der Waals surface area contributed by atoms with Gasteiger partial charge in [0.25, 0.3) is 5.69 Å². The number of hydrogen-bond donors (Lipinski definition) is 1. The summed E-state index contributed by atoms with van der Waals surface area (Å²) >= 11 is 2.84. The predicted molar refractivity (Wildman–Crippen MR) is 54.3 cm³/mol. The third-order valence-corrected chi connectivity index (χ3v) is 2.27. The number of halogens is 2. The van der Waals surface area contributed by atoms with E-state index in [-0.39, 0.29) is 39.7 Å². The van der Waals surface area contributed by atoms with Crippen LogP contribution in [0.3, 0.4) is 0 Å². The van der Waals surface area contributed by atoms with Crippen LogP contribution in [0.4, 0.5) is 15.8 Å². The number of carbonyl (C=O) groups is 1. The molecule has 1 rings (SSSR count). The van der Waals surface area contributed by atoms with E-state index in [1.54, 1.807) is 0 Å². The normalized spacial score (nSPS) is 9.29. The molecule has 0 radical (unpaired) electrons. The number of carboxylic acid groups (broad SMARTS) is 1. The van der Waals surface area contributed by atoms with Gasteiger partial charge in [-0.1, -0.05) is 0 Å².